The molecule has 1 aliphatic carbocycles. The van der Waals surface area contributed by atoms with Crippen LogP contribution in [0.4, 0.5) is 0 Å². The molecule has 5 amide bonds. The highest BCUT2D eigenvalue weighted by Gasteiger charge is 2.52. The summed E-state index contributed by atoms with van der Waals surface area (Å²) in [5.74, 6) is -3.81. The van der Waals surface area contributed by atoms with Crippen molar-refractivity contribution in [3.63, 3.8) is 0 Å². The Morgan fingerprint density at radius 2 is 1.63 bits per heavy atom. The van der Waals surface area contributed by atoms with E-state index >= 15 is 0 Å². The summed E-state index contributed by atoms with van der Waals surface area (Å²) in [5, 5.41) is 11.3. The van der Waals surface area contributed by atoms with E-state index in [1.54, 1.807) is 11.8 Å². The van der Waals surface area contributed by atoms with Crippen LogP contribution in [0.3, 0.4) is 0 Å². The minimum atomic E-state index is -1.06. The van der Waals surface area contributed by atoms with Crippen molar-refractivity contribution in [2.75, 3.05) is 6.54 Å². The molecule has 2 fully saturated rings. The van der Waals surface area contributed by atoms with Gasteiger partial charge in [0.15, 0.2) is 0 Å². The molecule has 4 rings (SSSR count). The standard InChI is InChI=1S/C39H55N7O6/c1-8-14-28(32(47)37(51)42-24(4)25-15-11-10-12-16-25)43-36(50)31-27-18-13-17-26(27)22-46(31)38(52)33(39(5,6)7)45-35(49)30(23(3)9-2)44-34(48)29-21-40-19-20-41-29/h10-12,15-16,19-21,23-24,26-28,30-31,33H,8-9,13-14,17-18,22H2,1-7H3,(H,42,51)(H,43,50)(H,44,48)(H,45,49)/t23?,24-,26?,27-,28-,30-,31-,33+/m0/s1. The molecule has 1 aliphatic heterocycles. The molecule has 1 saturated heterocycles. The molecule has 2 heterocycles. The van der Waals surface area contributed by atoms with Crippen LogP contribution in [-0.4, -0.2) is 80.9 Å². The quantitative estimate of drug-likeness (QED) is 0.202. The number of benzene rings is 1. The average molecular weight is 718 g/mol. The molecule has 2 aliphatic rings. The van der Waals surface area contributed by atoms with Gasteiger partial charge in [0.05, 0.1) is 18.3 Å². The molecule has 0 radical (unpaired) electrons. The summed E-state index contributed by atoms with van der Waals surface area (Å²) >= 11 is 0. The van der Waals surface area contributed by atoms with Crippen LogP contribution in [0.5, 0.6) is 0 Å². The van der Waals surface area contributed by atoms with E-state index in [4.69, 9.17) is 0 Å². The van der Waals surface area contributed by atoms with Crippen LogP contribution in [0.2, 0.25) is 0 Å². The Balaban J connectivity index is 1.54. The lowest BCUT2D eigenvalue weighted by Crippen LogP contribution is -2.62. The smallest absolute Gasteiger partial charge is 0.290 e. The number of likely N-dealkylation sites (tertiary alicyclic amines) is 1. The zero-order chi connectivity index (χ0) is 38.2. The summed E-state index contributed by atoms with van der Waals surface area (Å²) < 4.78 is 0. The van der Waals surface area contributed by atoms with Crippen molar-refractivity contribution in [1.82, 2.24) is 36.1 Å². The van der Waals surface area contributed by atoms with Gasteiger partial charge in [0.1, 0.15) is 23.8 Å². The van der Waals surface area contributed by atoms with Crippen molar-refractivity contribution >= 4 is 35.3 Å². The lowest BCUT2D eigenvalue weighted by atomic mass is 9.84. The topological polar surface area (TPSA) is 180 Å². The van der Waals surface area contributed by atoms with Gasteiger partial charge in [-0.1, -0.05) is 91.1 Å². The monoisotopic (exact) mass is 717 g/mol. The van der Waals surface area contributed by atoms with Gasteiger partial charge in [-0.05, 0) is 54.9 Å². The molecule has 52 heavy (non-hydrogen) atoms. The molecule has 4 N–H and O–H groups in total. The summed E-state index contributed by atoms with van der Waals surface area (Å²) in [6.07, 6.45) is 8.03. The Morgan fingerprint density at radius 3 is 2.25 bits per heavy atom. The van der Waals surface area contributed by atoms with Gasteiger partial charge in [-0.25, -0.2) is 4.98 Å². The highest BCUT2D eigenvalue weighted by atomic mass is 16.2. The van der Waals surface area contributed by atoms with Crippen LogP contribution >= 0.6 is 0 Å². The van der Waals surface area contributed by atoms with E-state index in [0.717, 1.165) is 24.8 Å². The molecule has 13 nitrogen and oxygen atoms in total. The largest absolute Gasteiger partial charge is 0.344 e. The maximum absolute atomic E-state index is 14.6. The second-order valence-electron chi connectivity index (χ2n) is 15.3. The molecule has 1 aromatic heterocycles. The van der Waals surface area contributed by atoms with Gasteiger partial charge >= 0.3 is 0 Å². The van der Waals surface area contributed by atoms with E-state index in [1.807, 2.05) is 71.9 Å². The first-order chi connectivity index (χ1) is 24.7. The number of ketones is 1. The fourth-order valence-corrected chi connectivity index (χ4v) is 7.31. The van der Waals surface area contributed by atoms with Gasteiger partial charge in [0.2, 0.25) is 23.5 Å². The number of carbonyl (C=O) groups is 6. The molecule has 2 aromatic rings. The number of aromatic nitrogens is 2. The Hall–Kier alpha value is -4.68. The second kappa shape index (κ2) is 17.7. The van der Waals surface area contributed by atoms with Crippen LogP contribution in [-0.2, 0) is 24.0 Å². The van der Waals surface area contributed by atoms with E-state index in [-0.39, 0.29) is 29.9 Å². The number of rotatable bonds is 15. The highest BCUT2D eigenvalue weighted by Crippen LogP contribution is 2.43. The number of fused-ring (bicyclic) bond motifs is 1. The average Bonchev–Trinajstić information content (AvgIpc) is 3.73. The fourth-order valence-electron chi connectivity index (χ4n) is 7.31. The summed E-state index contributed by atoms with van der Waals surface area (Å²) in [6, 6.07) is 4.93. The van der Waals surface area contributed by atoms with Gasteiger partial charge in [-0.2, -0.15) is 0 Å². The van der Waals surface area contributed by atoms with Crippen molar-refractivity contribution in [1.29, 1.82) is 0 Å². The molecule has 1 aromatic carbocycles. The predicted molar refractivity (Wildman–Crippen MR) is 195 cm³/mol. The van der Waals surface area contributed by atoms with E-state index in [0.29, 0.717) is 19.4 Å². The summed E-state index contributed by atoms with van der Waals surface area (Å²) in [5.41, 5.74) is 0.137. The zero-order valence-electron chi connectivity index (χ0n) is 31.5. The normalized spacial score (nSPS) is 21.1. The highest BCUT2D eigenvalue weighted by molar-refractivity contribution is 6.38. The minimum absolute atomic E-state index is 0.0626. The van der Waals surface area contributed by atoms with Crippen molar-refractivity contribution in [2.24, 2.45) is 23.2 Å². The Labute approximate surface area is 306 Å². The van der Waals surface area contributed by atoms with Gasteiger partial charge in [0, 0.05) is 18.9 Å². The van der Waals surface area contributed by atoms with Crippen LogP contribution in [0.15, 0.2) is 48.9 Å². The summed E-state index contributed by atoms with van der Waals surface area (Å²) in [4.78, 5) is 91.9. The summed E-state index contributed by atoms with van der Waals surface area (Å²) in [6.45, 7) is 13.3. The van der Waals surface area contributed by atoms with E-state index in [2.05, 4.69) is 31.2 Å². The number of nitrogens with zero attached hydrogens (tertiary/aromatic N) is 3. The van der Waals surface area contributed by atoms with Crippen molar-refractivity contribution in [3.8, 4) is 0 Å². The number of Topliss-reactive ketones (excluding diaryl/α,β-unsaturated/α-hetero) is 1. The molecule has 13 heteroatoms. The van der Waals surface area contributed by atoms with E-state index in [1.165, 1.54) is 18.6 Å². The Kier molecular flexibility index (Phi) is 13.6. The van der Waals surface area contributed by atoms with Crippen LogP contribution < -0.4 is 21.3 Å². The zero-order valence-corrected chi connectivity index (χ0v) is 31.5. The third kappa shape index (κ3) is 9.60. The first-order valence-corrected chi connectivity index (χ1v) is 18.6. The van der Waals surface area contributed by atoms with Crippen LogP contribution in [0, 0.1) is 23.2 Å². The molecular formula is C39H55N7O6. The lowest BCUT2D eigenvalue weighted by molar-refractivity contribution is -0.146. The summed E-state index contributed by atoms with van der Waals surface area (Å²) in [7, 11) is 0. The van der Waals surface area contributed by atoms with Gasteiger partial charge < -0.3 is 26.2 Å². The second-order valence-corrected chi connectivity index (χ2v) is 15.3. The number of hydrogen-bond donors (Lipinski definition) is 4. The van der Waals surface area contributed by atoms with Gasteiger partial charge in [-0.15, -0.1) is 0 Å². The first kappa shape index (κ1) is 40.1. The minimum Gasteiger partial charge on any atom is -0.344 e. The molecule has 0 spiro atoms. The predicted octanol–water partition coefficient (Wildman–Crippen LogP) is 3.51. The van der Waals surface area contributed by atoms with Gasteiger partial charge in [0.25, 0.3) is 11.8 Å². The number of amides is 5. The van der Waals surface area contributed by atoms with Crippen molar-refractivity contribution in [2.45, 2.75) is 117 Å². The number of hydrogen-bond acceptors (Lipinski definition) is 8. The Morgan fingerprint density at radius 1 is 0.923 bits per heavy atom. The lowest BCUT2D eigenvalue weighted by Gasteiger charge is -2.37. The molecule has 2 unspecified atom stereocenters. The maximum Gasteiger partial charge on any atom is 0.290 e. The van der Waals surface area contributed by atoms with Crippen molar-refractivity contribution in [3.05, 3.63) is 60.2 Å². The first-order valence-electron chi connectivity index (χ1n) is 18.6. The third-order valence-electron chi connectivity index (χ3n) is 10.5. The van der Waals surface area contributed by atoms with Gasteiger partial charge in [-0.3, -0.25) is 33.8 Å². The van der Waals surface area contributed by atoms with Crippen LogP contribution in [0.1, 0.15) is 109 Å². The van der Waals surface area contributed by atoms with E-state index in [9.17, 15) is 28.8 Å². The van der Waals surface area contributed by atoms with Crippen LogP contribution in [0.25, 0.3) is 0 Å². The maximum atomic E-state index is 14.6. The molecule has 282 valence electrons. The number of nitrogens with one attached hydrogen (secondary N) is 4. The Bertz CT molecular complexity index is 1580. The van der Waals surface area contributed by atoms with E-state index < -0.39 is 70.9 Å². The molecule has 1 saturated carbocycles. The molecular weight excluding hydrogens is 662 g/mol. The molecule has 8 atom stereocenters. The number of carbonyl (C=O) groups excluding carboxylic acids is 6. The SMILES string of the molecule is CCC[C@H](NC(=O)[C@@H]1[C@H]2CCCC2CN1C(=O)[C@@H](NC(=O)[C@@H](NC(=O)c1cnccn1)C(C)CC)C(C)(C)C)C(=O)C(=O)N[C@@H](C)c1ccccc1. The molecule has 0 bridgehead atoms. The third-order valence-corrected chi connectivity index (χ3v) is 10.5. The van der Waals surface area contributed by atoms with Crippen molar-refractivity contribution < 1.29 is 28.8 Å². The fraction of sp³-hybridized carbons (Fsp3) is 0.590.